The third-order valence-electron chi connectivity index (χ3n) is 4.83. The quantitative estimate of drug-likeness (QED) is 0.677. The maximum atomic E-state index is 5.48. The van der Waals surface area contributed by atoms with Crippen LogP contribution in [0.15, 0.2) is 23.8 Å². The molecular weight excluding hydrogens is 364 g/mol. The van der Waals surface area contributed by atoms with Crippen molar-refractivity contribution in [2.75, 3.05) is 62.4 Å². The summed E-state index contributed by atoms with van der Waals surface area (Å²) in [5, 5.41) is 0. The lowest BCUT2D eigenvalue weighted by molar-refractivity contribution is 0.122. The summed E-state index contributed by atoms with van der Waals surface area (Å²) in [6, 6.07) is 4.07. The lowest BCUT2D eigenvalue weighted by Crippen LogP contribution is -2.37. The minimum Gasteiger partial charge on any atom is -0.378 e. The van der Waals surface area contributed by atoms with Crippen LogP contribution >= 0.6 is 11.3 Å². The van der Waals surface area contributed by atoms with Gasteiger partial charge >= 0.3 is 0 Å². The minimum absolute atomic E-state index is 0.663. The first-order valence-electron chi connectivity index (χ1n) is 9.11. The van der Waals surface area contributed by atoms with E-state index < -0.39 is 0 Å². The van der Waals surface area contributed by atoms with Gasteiger partial charge in [-0.3, -0.25) is 0 Å². The molecule has 0 saturated carbocycles. The zero-order valence-electron chi connectivity index (χ0n) is 14.9. The van der Waals surface area contributed by atoms with E-state index in [2.05, 4.69) is 24.8 Å². The van der Waals surface area contributed by atoms with Gasteiger partial charge in [0.1, 0.15) is 10.5 Å². The van der Waals surface area contributed by atoms with Crippen molar-refractivity contribution in [3.05, 3.63) is 23.8 Å². The first kappa shape index (κ1) is 16.8. The van der Waals surface area contributed by atoms with Crippen LogP contribution in [-0.2, 0) is 9.47 Å². The van der Waals surface area contributed by atoms with E-state index in [1.54, 1.807) is 11.3 Å². The van der Waals surface area contributed by atoms with E-state index in [1.807, 2.05) is 23.8 Å². The Kier molecular flexibility index (Phi) is 4.56. The summed E-state index contributed by atoms with van der Waals surface area (Å²) in [7, 11) is 0. The number of nitrogens with zero attached hydrogens (tertiary/aromatic N) is 6. The molecule has 2 aliphatic rings. The summed E-state index contributed by atoms with van der Waals surface area (Å²) in [6.07, 6.45) is 1.85. The molecule has 27 heavy (non-hydrogen) atoms. The molecule has 5 rings (SSSR count). The van der Waals surface area contributed by atoms with E-state index in [0.717, 1.165) is 80.2 Å². The summed E-state index contributed by atoms with van der Waals surface area (Å²) in [4.78, 5) is 23.1. The average Bonchev–Trinajstić information content (AvgIpc) is 3.23. The Balaban J connectivity index is 1.49. The second-order valence-corrected chi connectivity index (χ2v) is 7.33. The molecule has 0 spiro atoms. The monoisotopic (exact) mass is 384 g/mol. The summed E-state index contributed by atoms with van der Waals surface area (Å²) in [5.74, 6) is 2.57. The van der Waals surface area contributed by atoms with Crippen LogP contribution in [0.5, 0.6) is 0 Å². The van der Waals surface area contributed by atoms with E-state index in [9.17, 15) is 0 Å². The first-order valence-corrected chi connectivity index (χ1v) is 9.99. The van der Waals surface area contributed by atoms with E-state index in [-0.39, 0.29) is 0 Å². The van der Waals surface area contributed by atoms with Gasteiger partial charge in [0, 0.05) is 37.9 Å². The van der Waals surface area contributed by atoms with E-state index >= 15 is 0 Å². The topological polar surface area (TPSA) is 76.5 Å². The maximum absolute atomic E-state index is 5.48. The number of aromatic nitrogens is 4. The molecule has 140 valence electrons. The van der Waals surface area contributed by atoms with Gasteiger partial charge in [-0.25, -0.2) is 19.9 Å². The molecule has 2 fully saturated rings. The second-order valence-electron chi connectivity index (χ2n) is 6.48. The fourth-order valence-electron chi connectivity index (χ4n) is 3.37. The van der Waals surface area contributed by atoms with Crippen LogP contribution in [0.2, 0.25) is 0 Å². The Morgan fingerprint density at radius 2 is 1.59 bits per heavy atom. The van der Waals surface area contributed by atoms with Gasteiger partial charge in [-0.15, -0.1) is 11.3 Å². The molecule has 0 bridgehead atoms. The standard InChI is InChI=1S/C18H20N6O2S/c1-2-14(23-3-7-25-8-4-23)19-11-13(1)16-21-17-15(27-12-20-17)18(22-16)24-5-9-26-10-6-24/h1-2,11-12H,3-10H2. The van der Waals surface area contributed by atoms with Gasteiger partial charge in [-0.1, -0.05) is 0 Å². The fourth-order valence-corrected chi connectivity index (χ4v) is 4.11. The molecule has 0 amide bonds. The summed E-state index contributed by atoms with van der Waals surface area (Å²) in [6.45, 7) is 6.33. The van der Waals surface area contributed by atoms with Gasteiger partial charge in [-0.05, 0) is 12.1 Å². The van der Waals surface area contributed by atoms with Crippen molar-refractivity contribution in [1.82, 2.24) is 19.9 Å². The second kappa shape index (κ2) is 7.34. The van der Waals surface area contributed by atoms with Crippen LogP contribution < -0.4 is 9.80 Å². The molecule has 3 aromatic rings. The normalized spacial score (nSPS) is 18.2. The summed E-state index contributed by atoms with van der Waals surface area (Å²) >= 11 is 1.58. The van der Waals surface area contributed by atoms with E-state index in [1.165, 1.54) is 0 Å². The molecule has 0 N–H and O–H groups in total. The average molecular weight is 384 g/mol. The predicted octanol–water partition coefficient (Wildman–Crippen LogP) is 1.82. The molecule has 0 aliphatic carbocycles. The molecule has 3 aromatic heterocycles. The maximum Gasteiger partial charge on any atom is 0.176 e. The van der Waals surface area contributed by atoms with Gasteiger partial charge in [-0.2, -0.15) is 0 Å². The number of morpholine rings is 2. The largest absolute Gasteiger partial charge is 0.378 e. The number of hydrogen-bond acceptors (Lipinski definition) is 9. The van der Waals surface area contributed by atoms with Crippen molar-refractivity contribution in [1.29, 1.82) is 0 Å². The Labute approximate surface area is 160 Å². The van der Waals surface area contributed by atoms with E-state index in [4.69, 9.17) is 14.5 Å². The van der Waals surface area contributed by atoms with Crippen molar-refractivity contribution in [2.45, 2.75) is 0 Å². The van der Waals surface area contributed by atoms with Gasteiger partial charge in [0.15, 0.2) is 17.3 Å². The molecule has 2 saturated heterocycles. The van der Waals surface area contributed by atoms with Gasteiger partial charge in [0.2, 0.25) is 0 Å². The Morgan fingerprint density at radius 1 is 0.852 bits per heavy atom. The molecule has 5 heterocycles. The lowest BCUT2D eigenvalue weighted by atomic mass is 10.2. The van der Waals surface area contributed by atoms with E-state index in [0.29, 0.717) is 5.82 Å². The minimum atomic E-state index is 0.663. The molecule has 9 heteroatoms. The van der Waals surface area contributed by atoms with Crippen LogP contribution in [0.25, 0.3) is 21.7 Å². The van der Waals surface area contributed by atoms with Crippen molar-refractivity contribution in [3.63, 3.8) is 0 Å². The fraction of sp³-hybridized carbons (Fsp3) is 0.444. The number of pyridine rings is 1. The number of ether oxygens (including phenoxy) is 2. The molecule has 0 atom stereocenters. The van der Waals surface area contributed by atoms with Crippen LogP contribution in [0.3, 0.4) is 0 Å². The highest BCUT2D eigenvalue weighted by Gasteiger charge is 2.20. The van der Waals surface area contributed by atoms with Crippen molar-refractivity contribution >= 4 is 33.3 Å². The predicted molar refractivity (Wildman–Crippen MR) is 105 cm³/mol. The molecule has 8 nitrogen and oxygen atoms in total. The highest BCUT2D eigenvalue weighted by atomic mass is 32.1. The third-order valence-corrected chi connectivity index (χ3v) is 5.64. The molecule has 2 aliphatic heterocycles. The number of fused-ring (bicyclic) bond motifs is 1. The van der Waals surface area contributed by atoms with Crippen LogP contribution in [0, 0.1) is 0 Å². The number of hydrogen-bond donors (Lipinski definition) is 0. The Morgan fingerprint density at radius 3 is 2.30 bits per heavy atom. The highest BCUT2D eigenvalue weighted by Crippen LogP contribution is 2.30. The Hall–Kier alpha value is -2.36. The smallest absolute Gasteiger partial charge is 0.176 e. The third kappa shape index (κ3) is 3.33. The van der Waals surface area contributed by atoms with Gasteiger partial charge in [0.25, 0.3) is 0 Å². The van der Waals surface area contributed by atoms with Crippen molar-refractivity contribution in [3.8, 4) is 11.4 Å². The lowest BCUT2D eigenvalue weighted by Gasteiger charge is -2.28. The van der Waals surface area contributed by atoms with Gasteiger partial charge in [0.05, 0.1) is 31.9 Å². The molecular formula is C18H20N6O2S. The molecule has 0 unspecified atom stereocenters. The molecule has 0 aromatic carbocycles. The zero-order chi connectivity index (χ0) is 18.1. The van der Waals surface area contributed by atoms with Crippen LogP contribution in [0.1, 0.15) is 0 Å². The SMILES string of the molecule is c1nc2nc(-c3ccc(N4CCOCC4)nc3)nc(N3CCOCC3)c2s1. The summed E-state index contributed by atoms with van der Waals surface area (Å²) in [5.41, 5.74) is 3.47. The molecule has 0 radical (unpaired) electrons. The highest BCUT2D eigenvalue weighted by molar-refractivity contribution is 7.17. The summed E-state index contributed by atoms with van der Waals surface area (Å²) < 4.78 is 11.9. The van der Waals surface area contributed by atoms with Crippen molar-refractivity contribution in [2.24, 2.45) is 0 Å². The van der Waals surface area contributed by atoms with Crippen molar-refractivity contribution < 1.29 is 9.47 Å². The zero-order valence-corrected chi connectivity index (χ0v) is 15.7. The number of anilines is 2. The number of thiazole rings is 1. The van der Waals surface area contributed by atoms with Crippen LogP contribution in [0.4, 0.5) is 11.6 Å². The van der Waals surface area contributed by atoms with Crippen LogP contribution in [-0.4, -0.2) is 72.5 Å². The Bertz CT molecular complexity index is 919. The first-order chi connectivity index (χ1) is 13.4. The number of rotatable bonds is 3. The van der Waals surface area contributed by atoms with Gasteiger partial charge < -0.3 is 19.3 Å².